The fourth-order valence-electron chi connectivity index (χ4n) is 2.68. The molecule has 1 atom stereocenters. The van der Waals surface area contributed by atoms with E-state index in [1.54, 1.807) is 18.2 Å². The molecule has 6 heteroatoms. The first-order valence-corrected chi connectivity index (χ1v) is 7.41. The maximum atomic E-state index is 10.9. The topological polar surface area (TPSA) is 67.6 Å². The Morgan fingerprint density at radius 2 is 2.33 bits per heavy atom. The molecule has 1 unspecified atom stereocenters. The van der Waals surface area contributed by atoms with Crippen molar-refractivity contribution in [2.75, 3.05) is 32.1 Å². The molecule has 1 N–H and O–H groups in total. The van der Waals surface area contributed by atoms with Crippen LogP contribution in [0.25, 0.3) is 0 Å². The highest BCUT2D eigenvalue weighted by molar-refractivity contribution is 5.56. The molecule has 1 heterocycles. The van der Waals surface area contributed by atoms with Gasteiger partial charge >= 0.3 is 0 Å². The molecule has 0 aliphatic carbocycles. The summed E-state index contributed by atoms with van der Waals surface area (Å²) in [4.78, 5) is 12.8. The standard InChI is InChI=1S/C15H23N3O3/c1-3-16-15-7-6-13(18(19)20)9-12(15)10-17(2)11-14-5-4-8-21-14/h6-7,9,14,16H,3-5,8,10-11H2,1-2H3. The fraction of sp³-hybridized carbons (Fsp3) is 0.600. The molecule has 0 bridgehead atoms. The molecule has 1 aromatic carbocycles. The quantitative estimate of drug-likeness (QED) is 0.618. The number of hydrogen-bond acceptors (Lipinski definition) is 5. The van der Waals surface area contributed by atoms with Gasteiger partial charge in [-0.1, -0.05) is 0 Å². The first-order valence-electron chi connectivity index (χ1n) is 7.41. The summed E-state index contributed by atoms with van der Waals surface area (Å²) in [6.07, 6.45) is 2.51. The first kappa shape index (κ1) is 15.7. The molecule has 6 nitrogen and oxygen atoms in total. The van der Waals surface area contributed by atoms with E-state index < -0.39 is 0 Å². The second-order valence-electron chi connectivity index (χ2n) is 5.46. The van der Waals surface area contributed by atoms with Crippen molar-refractivity contribution < 1.29 is 9.66 Å². The van der Waals surface area contributed by atoms with Crippen molar-refractivity contribution in [1.82, 2.24) is 4.90 Å². The molecule has 1 aromatic rings. The van der Waals surface area contributed by atoms with Crippen LogP contribution in [0.15, 0.2) is 18.2 Å². The molecule has 1 saturated heterocycles. The van der Waals surface area contributed by atoms with Crippen LogP contribution in [0.5, 0.6) is 0 Å². The summed E-state index contributed by atoms with van der Waals surface area (Å²) < 4.78 is 5.64. The van der Waals surface area contributed by atoms with E-state index >= 15 is 0 Å². The monoisotopic (exact) mass is 293 g/mol. The van der Waals surface area contributed by atoms with Crippen LogP contribution in [0.4, 0.5) is 11.4 Å². The summed E-state index contributed by atoms with van der Waals surface area (Å²) in [5.74, 6) is 0. The van der Waals surface area contributed by atoms with Crippen LogP contribution in [0.1, 0.15) is 25.3 Å². The zero-order valence-electron chi connectivity index (χ0n) is 12.7. The van der Waals surface area contributed by atoms with E-state index in [0.717, 1.165) is 43.8 Å². The van der Waals surface area contributed by atoms with Crippen molar-refractivity contribution in [2.24, 2.45) is 0 Å². The van der Waals surface area contributed by atoms with E-state index in [9.17, 15) is 10.1 Å². The van der Waals surface area contributed by atoms with Crippen LogP contribution in [0.3, 0.4) is 0 Å². The average molecular weight is 293 g/mol. The van der Waals surface area contributed by atoms with Gasteiger partial charge in [-0.3, -0.25) is 15.0 Å². The molecule has 1 fully saturated rings. The van der Waals surface area contributed by atoms with Gasteiger partial charge in [-0.15, -0.1) is 0 Å². The van der Waals surface area contributed by atoms with Crippen LogP contribution in [0, 0.1) is 10.1 Å². The molecule has 2 rings (SSSR count). The number of benzene rings is 1. The maximum absolute atomic E-state index is 10.9. The van der Waals surface area contributed by atoms with Gasteiger partial charge in [0.1, 0.15) is 0 Å². The molecule has 0 radical (unpaired) electrons. The molecule has 1 aliphatic rings. The van der Waals surface area contributed by atoms with Crippen LogP contribution in [-0.4, -0.2) is 42.7 Å². The SMILES string of the molecule is CCNc1ccc([N+](=O)[O-])cc1CN(C)CC1CCCO1. The third-order valence-corrected chi connectivity index (χ3v) is 3.65. The number of rotatable bonds is 7. The lowest BCUT2D eigenvalue weighted by molar-refractivity contribution is -0.384. The Bertz CT molecular complexity index is 487. The minimum absolute atomic E-state index is 0.136. The molecule has 0 saturated carbocycles. The van der Waals surface area contributed by atoms with Gasteiger partial charge in [-0.25, -0.2) is 0 Å². The van der Waals surface area contributed by atoms with Crippen molar-refractivity contribution in [3.63, 3.8) is 0 Å². The molecule has 0 amide bonds. The molecular weight excluding hydrogens is 270 g/mol. The van der Waals surface area contributed by atoms with Gasteiger partial charge in [0.2, 0.25) is 0 Å². The minimum Gasteiger partial charge on any atom is -0.385 e. The second-order valence-corrected chi connectivity index (χ2v) is 5.46. The van der Waals surface area contributed by atoms with Gasteiger partial charge in [-0.05, 0) is 38.4 Å². The van der Waals surface area contributed by atoms with E-state index in [2.05, 4.69) is 10.2 Å². The van der Waals surface area contributed by atoms with Crippen LogP contribution >= 0.6 is 0 Å². The van der Waals surface area contributed by atoms with Gasteiger partial charge in [0.25, 0.3) is 5.69 Å². The number of likely N-dealkylation sites (N-methyl/N-ethyl adjacent to an activating group) is 1. The average Bonchev–Trinajstić information content (AvgIpc) is 2.93. The van der Waals surface area contributed by atoms with Crippen molar-refractivity contribution in [2.45, 2.75) is 32.4 Å². The Hall–Kier alpha value is -1.66. The Balaban J connectivity index is 2.07. The highest BCUT2D eigenvalue weighted by atomic mass is 16.6. The minimum atomic E-state index is -0.348. The van der Waals surface area contributed by atoms with Gasteiger partial charge in [0.15, 0.2) is 0 Å². The molecule has 21 heavy (non-hydrogen) atoms. The van der Waals surface area contributed by atoms with Crippen molar-refractivity contribution in [3.05, 3.63) is 33.9 Å². The summed E-state index contributed by atoms with van der Waals surface area (Å²) in [6, 6.07) is 4.99. The van der Waals surface area contributed by atoms with E-state index in [1.807, 2.05) is 14.0 Å². The Kier molecular flexibility index (Phi) is 5.52. The zero-order chi connectivity index (χ0) is 15.2. The summed E-state index contributed by atoms with van der Waals surface area (Å²) >= 11 is 0. The van der Waals surface area contributed by atoms with E-state index in [-0.39, 0.29) is 16.7 Å². The predicted octanol–water partition coefficient (Wildman–Crippen LogP) is 2.64. The molecule has 0 spiro atoms. The number of nitrogens with one attached hydrogen (secondary N) is 1. The van der Waals surface area contributed by atoms with Gasteiger partial charge in [-0.2, -0.15) is 0 Å². The summed E-state index contributed by atoms with van der Waals surface area (Å²) in [5, 5.41) is 14.2. The number of nitro benzene ring substituents is 1. The van der Waals surface area contributed by atoms with Crippen LogP contribution in [0.2, 0.25) is 0 Å². The predicted molar refractivity (Wildman–Crippen MR) is 82.6 cm³/mol. The lowest BCUT2D eigenvalue weighted by Gasteiger charge is -2.22. The Labute approximate surface area is 125 Å². The largest absolute Gasteiger partial charge is 0.385 e. The molecule has 116 valence electrons. The highest BCUT2D eigenvalue weighted by Gasteiger charge is 2.18. The van der Waals surface area contributed by atoms with Crippen molar-refractivity contribution in [3.8, 4) is 0 Å². The van der Waals surface area contributed by atoms with Crippen molar-refractivity contribution >= 4 is 11.4 Å². The number of nitro groups is 1. The lowest BCUT2D eigenvalue weighted by atomic mass is 10.1. The molecule has 0 aromatic heterocycles. The van der Waals surface area contributed by atoms with E-state index in [0.29, 0.717) is 6.54 Å². The van der Waals surface area contributed by atoms with Crippen LogP contribution in [-0.2, 0) is 11.3 Å². The smallest absolute Gasteiger partial charge is 0.269 e. The zero-order valence-corrected chi connectivity index (χ0v) is 12.7. The molecule has 1 aliphatic heterocycles. The number of hydrogen-bond donors (Lipinski definition) is 1. The fourth-order valence-corrected chi connectivity index (χ4v) is 2.68. The lowest BCUT2D eigenvalue weighted by Crippen LogP contribution is -2.28. The highest BCUT2D eigenvalue weighted by Crippen LogP contribution is 2.24. The summed E-state index contributed by atoms with van der Waals surface area (Å²) in [6.45, 7) is 5.18. The van der Waals surface area contributed by atoms with Gasteiger partial charge in [0, 0.05) is 44.1 Å². The summed E-state index contributed by atoms with van der Waals surface area (Å²) in [7, 11) is 2.02. The van der Waals surface area contributed by atoms with Gasteiger partial charge < -0.3 is 10.1 Å². The number of non-ortho nitro benzene ring substituents is 1. The van der Waals surface area contributed by atoms with Gasteiger partial charge in [0.05, 0.1) is 11.0 Å². The van der Waals surface area contributed by atoms with E-state index in [4.69, 9.17) is 4.74 Å². The third-order valence-electron chi connectivity index (χ3n) is 3.65. The van der Waals surface area contributed by atoms with Crippen LogP contribution < -0.4 is 5.32 Å². The third kappa shape index (κ3) is 4.41. The molecular formula is C15H23N3O3. The Morgan fingerprint density at radius 3 is 2.95 bits per heavy atom. The maximum Gasteiger partial charge on any atom is 0.269 e. The Morgan fingerprint density at radius 1 is 1.52 bits per heavy atom. The second kappa shape index (κ2) is 7.38. The van der Waals surface area contributed by atoms with Crippen molar-refractivity contribution in [1.29, 1.82) is 0 Å². The first-order chi connectivity index (χ1) is 10.1. The normalized spacial score (nSPS) is 18.1. The number of anilines is 1. The number of nitrogens with zero attached hydrogens (tertiary/aromatic N) is 2. The van der Waals surface area contributed by atoms with E-state index in [1.165, 1.54) is 0 Å². The summed E-state index contributed by atoms with van der Waals surface area (Å²) in [5.41, 5.74) is 2.05. The number of ether oxygens (including phenoxy) is 1.